The standard InChI is InChI=1S/C10H8N4.C6H6N2O.C6H8N2.2C2H6.CH4.H2/c11-6-8-7-13-14(10(8)12)9-4-2-1-3-5-9;1-2-9-5-6(3-7)4-8;7-8-6-4-2-1-3-5-6;2*1-2;;/h1-5,7H,12H2;5H,2H2,1H3;1-5,8H,7H2;2*1-2H3;1H4;1H/i;;;;;;1+1. The lowest BCUT2D eigenvalue weighted by molar-refractivity contribution is 0.268. The van der Waals surface area contributed by atoms with E-state index in [0.29, 0.717) is 18.0 Å². The maximum absolute atomic E-state index is 8.70. The van der Waals surface area contributed by atoms with Crippen molar-refractivity contribution in [1.29, 1.82) is 15.8 Å². The molecule has 0 atom stereocenters. The molecule has 0 aliphatic heterocycles. The lowest BCUT2D eigenvalue weighted by atomic mass is 10.3. The molecule has 0 amide bonds. The summed E-state index contributed by atoms with van der Waals surface area (Å²) in [6.07, 6.45) is 2.61. The first kappa shape index (κ1) is 35.8. The molecule has 0 fully saturated rings. The Hall–Kier alpha value is -4.78. The summed E-state index contributed by atoms with van der Waals surface area (Å²) in [5.41, 5.74) is 10.4. The SMILES string of the molecule is C.CC.CC.CCOC=C(C#N)C#N.N#Cc1cnn(-c2ccccc2)c1N.NNc1ccccc1.[2HH]. The summed E-state index contributed by atoms with van der Waals surface area (Å²) in [7, 11) is 0. The van der Waals surface area contributed by atoms with Gasteiger partial charge in [0.2, 0.25) is 0 Å². The number of nitrogens with zero attached hydrogens (tertiary/aromatic N) is 5. The molecule has 2 aromatic carbocycles. The highest BCUT2D eigenvalue weighted by atomic mass is 16.5. The molecule has 9 heteroatoms. The normalized spacial score (nSPS) is 7.64. The van der Waals surface area contributed by atoms with Crippen molar-refractivity contribution >= 4 is 11.5 Å². The Kier molecular flexibility index (Phi) is 24.7. The van der Waals surface area contributed by atoms with Crippen molar-refractivity contribution in [1.82, 2.24) is 9.78 Å². The fourth-order valence-corrected chi connectivity index (χ4v) is 2.00. The molecule has 1 heterocycles. The van der Waals surface area contributed by atoms with Crippen molar-refractivity contribution in [2.24, 2.45) is 5.84 Å². The van der Waals surface area contributed by atoms with E-state index in [4.69, 9.17) is 27.4 Å². The number of ether oxygens (including phenoxy) is 1. The molecule has 3 rings (SSSR count). The van der Waals surface area contributed by atoms with Crippen LogP contribution in [-0.2, 0) is 4.74 Å². The number of nitrogen functional groups attached to an aromatic ring is 2. The summed E-state index contributed by atoms with van der Waals surface area (Å²) in [6.45, 7) is 10.3. The van der Waals surface area contributed by atoms with Gasteiger partial charge < -0.3 is 15.9 Å². The van der Waals surface area contributed by atoms with Crippen LogP contribution in [0.15, 0.2) is 78.7 Å². The van der Waals surface area contributed by atoms with Crippen LogP contribution in [0.3, 0.4) is 0 Å². The van der Waals surface area contributed by atoms with Crippen LogP contribution in [-0.4, -0.2) is 16.4 Å². The van der Waals surface area contributed by atoms with E-state index in [0.717, 1.165) is 17.6 Å². The van der Waals surface area contributed by atoms with Crippen molar-refractivity contribution in [3.63, 3.8) is 0 Å². The molecule has 3 aromatic rings. The van der Waals surface area contributed by atoms with Gasteiger partial charge in [0.05, 0.1) is 18.5 Å². The zero-order chi connectivity index (χ0) is 26.9. The van der Waals surface area contributed by atoms with Crippen molar-refractivity contribution in [3.05, 3.63) is 84.3 Å². The molecule has 0 unspecified atom stereocenters. The van der Waals surface area contributed by atoms with Crippen molar-refractivity contribution in [3.8, 4) is 23.9 Å². The third-order valence-electron chi connectivity index (χ3n) is 3.48. The summed E-state index contributed by atoms with van der Waals surface area (Å²) >= 11 is 0. The Morgan fingerprint density at radius 3 is 1.86 bits per heavy atom. The van der Waals surface area contributed by atoms with Crippen LogP contribution in [0.2, 0.25) is 0 Å². The minimum Gasteiger partial charge on any atom is -0.499 e. The summed E-state index contributed by atoms with van der Waals surface area (Å²) in [4.78, 5) is 0. The lowest BCUT2D eigenvalue weighted by Crippen LogP contribution is -2.05. The minimum absolute atomic E-state index is 0. The highest BCUT2D eigenvalue weighted by molar-refractivity contribution is 5.52. The Morgan fingerprint density at radius 2 is 1.50 bits per heavy atom. The van der Waals surface area contributed by atoms with E-state index in [1.54, 1.807) is 23.7 Å². The number of nitrogens with two attached hydrogens (primary N) is 2. The molecule has 0 aliphatic rings. The average molecular weight is 494 g/mol. The molecule has 9 nitrogen and oxygen atoms in total. The first-order valence-electron chi connectivity index (χ1n) is 11.0. The fourth-order valence-electron chi connectivity index (χ4n) is 2.00. The minimum atomic E-state index is -0.00292. The van der Waals surface area contributed by atoms with E-state index in [1.807, 2.05) is 94.4 Å². The van der Waals surface area contributed by atoms with Gasteiger partial charge in [-0.3, -0.25) is 5.84 Å². The molecule has 0 saturated carbocycles. The van der Waals surface area contributed by atoms with Crippen LogP contribution in [0.4, 0.5) is 11.5 Å². The quantitative estimate of drug-likeness (QED) is 0.168. The van der Waals surface area contributed by atoms with Gasteiger partial charge in [-0.25, -0.2) is 4.68 Å². The second kappa shape index (κ2) is 24.9. The fraction of sp³-hybridized carbons (Fsp3) is 0.259. The first-order valence-corrected chi connectivity index (χ1v) is 11.0. The van der Waals surface area contributed by atoms with E-state index in [2.05, 4.69) is 15.3 Å². The average Bonchev–Trinajstić information content (AvgIpc) is 3.33. The Balaban J connectivity index is -0.000000210. The molecule has 194 valence electrons. The topological polar surface area (TPSA) is 162 Å². The van der Waals surface area contributed by atoms with E-state index in [-0.39, 0.29) is 14.4 Å². The number of nitriles is 3. The number of hydrogen-bond acceptors (Lipinski definition) is 8. The molecule has 0 radical (unpaired) electrons. The maximum Gasteiger partial charge on any atom is 0.163 e. The zero-order valence-electron chi connectivity index (χ0n) is 20.9. The monoisotopic (exact) mass is 493 g/mol. The number of nitrogens with one attached hydrogen (secondary N) is 1. The number of aromatic nitrogens is 2. The number of hydrazine groups is 1. The van der Waals surface area contributed by atoms with Gasteiger partial charge in [-0.15, -0.1) is 0 Å². The van der Waals surface area contributed by atoms with Crippen LogP contribution in [0.25, 0.3) is 5.69 Å². The van der Waals surface area contributed by atoms with Gasteiger partial charge >= 0.3 is 0 Å². The highest BCUT2D eigenvalue weighted by Crippen LogP contribution is 2.15. The van der Waals surface area contributed by atoms with E-state index >= 15 is 0 Å². The molecule has 5 N–H and O–H groups in total. The molecule has 36 heavy (non-hydrogen) atoms. The largest absolute Gasteiger partial charge is 0.499 e. The number of rotatable bonds is 4. The molecule has 0 spiro atoms. The van der Waals surface area contributed by atoms with Gasteiger partial charge in [0.25, 0.3) is 0 Å². The van der Waals surface area contributed by atoms with Gasteiger partial charge in [-0.2, -0.15) is 20.9 Å². The number of allylic oxidation sites excluding steroid dienone is 1. The van der Waals surface area contributed by atoms with Crippen molar-refractivity contribution in [2.45, 2.75) is 42.0 Å². The Bertz CT molecular complexity index is 1060. The van der Waals surface area contributed by atoms with Gasteiger partial charge in [-0.05, 0) is 31.2 Å². The van der Waals surface area contributed by atoms with E-state index in [9.17, 15) is 0 Å². The first-order chi connectivity index (χ1) is 17.1. The third kappa shape index (κ3) is 14.4. The van der Waals surface area contributed by atoms with Crippen LogP contribution in [0.1, 0.15) is 49.0 Å². The van der Waals surface area contributed by atoms with Crippen molar-refractivity contribution < 1.29 is 6.16 Å². The van der Waals surface area contributed by atoms with Crippen LogP contribution in [0.5, 0.6) is 0 Å². The summed E-state index contributed by atoms with van der Waals surface area (Å²) in [5, 5.41) is 29.0. The van der Waals surface area contributed by atoms with Crippen LogP contribution < -0.4 is 17.0 Å². The highest BCUT2D eigenvalue weighted by Gasteiger charge is 2.06. The van der Waals surface area contributed by atoms with E-state index in [1.165, 1.54) is 6.20 Å². The third-order valence-corrected chi connectivity index (χ3v) is 3.48. The number of benzene rings is 2. The molecule has 0 saturated heterocycles. The Morgan fingerprint density at radius 1 is 1.00 bits per heavy atom. The lowest BCUT2D eigenvalue weighted by Gasteiger charge is -2.02. The molecule has 0 bridgehead atoms. The van der Waals surface area contributed by atoms with Gasteiger partial charge in [0.1, 0.15) is 35.9 Å². The molecule has 0 aliphatic carbocycles. The van der Waals surface area contributed by atoms with Crippen LogP contribution in [0, 0.1) is 34.0 Å². The van der Waals surface area contributed by atoms with Crippen LogP contribution >= 0.6 is 0 Å². The van der Waals surface area contributed by atoms with Gasteiger partial charge in [0, 0.05) is 7.11 Å². The second-order valence-corrected chi connectivity index (χ2v) is 5.52. The number of anilines is 2. The number of hydrogen-bond donors (Lipinski definition) is 3. The molecule has 1 aromatic heterocycles. The molecular weight excluding hydrogens is 452 g/mol. The smallest absolute Gasteiger partial charge is 0.163 e. The summed E-state index contributed by atoms with van der Waals surface area (Å²) in [6, 6.07) is 24.4. The van der Waals surface area contributed by atoms with Crippen molar-refractivity contribution in [2.75, 3.05) is 17.8 Å². The van der Waals surface area contributed by atoms with E-state index < -0.39 is 0 Å². The predicted molar refractivity (Wildman–Crippen MR) is 149 cm³/mol. The number of para-hydroxylation sites is 2. The predicted octanol–water partition coefficient (Wildman–Crippen LogP) is 6.19. The van der Waals surface area contributed by atoms with Gasteiger partial charge in [0.15, 0.2) is 5.57 Å². The Labute approximate surface area is 217 Å². The summed E-state index contributed by atoms with van der Waals surface area (Å²) in [5.74, 6) is 5.47. The second-order valence-electron chi connectivity index (χ2n) is 5.52. The maximum atomic E-state index is 8.70. The summed E-state index contributed by atoms with van der Waals surface area (Å²) < 4.78 is 6.21. The zero-order valence-corrected chi connectivity index (χ0v) is 20.9. The molecular formula is C27H40N8O. The van der Waals surface area contributed by atoms with Gasteiger partial charge in [-0.1, -0.05) is 71.5 Å².